The van der Waals surface area contributed by atoms with Crippen LogP contribution in [0.4, 0.5) is 10.2 Å². The molecule has 1 N–H and O–H groups in total. The van der Waals surface area contributed by atoms with Crippen LogP contribution in [0.25, 0.3) is 0 Å². The maximum atomic E-state index is 13.5. The molecular formula is C14H18FN3. The van der Waals surface area contributed by atoms with Crippen molar-refractivity contribution in [2.75, 3.05) is 5.32 Å². The van der Waals surface area contributed by atoms with E-state index in [9.17, 15) is 4.39 Å². The third-order valence-electron chi connectivity index (χ3n) is 2.84. The van der Waals surface area contributed by atoms with Gasteiger partial charge in [-0.05, 0) is 31.9 Å². The first kappa shape index (κ1) is 12.6. The summed E-state index contributed by atoms with van der Waals surface area (Å²) in [7, 11) is 0. The Morgan fingerprint density at radius 3 is 2.78 bits per heavy atom. The highest BCUT2D eigenvalue weighted by atomic mass is 19.1. The quantitative estimate of drug-likeness (QED) is 0.880. The van der Waals surface area contributed by atoms with Gasteiger partial charge in [0.05, 0.1) is 0 Å². The maximum Gasteiger partial charge on any atom is 0.148 e. The summed E-state index contributed by atoms with van der Waals surface area (Å²) in [6.07, 6.45) is 2.57. The van der Waals surface area contributed by atoms with Gasteiger partial charge in [0.2, 0.25) is 0 Å². The van der Waals surface area contributed by atoms with Crippen LogP contribution in [0.1, 0.15) is 19.4 Å². The summed E-state index contributed by atoms with van der Waals surface area (Å²) in [4.78, 5) is 0. The van der Waals surface area contributed by atoms with E-state index in [0.717, 1.165) is 17.9 Å². The van der Waals surface area contributed by atoms with Crippen molar-refractivity contribution in [2.45, 2.75) is 32.9 Å². The predicted molar refractivity (Wildman–Crippen MR) is 71.1 cm³/mol. The molecular weight excluding hydrogens is 229 g/mol. The highest BCUT2D eigenvalue weighted by Crippen LogP contribution is 2.12. The van der Waals surface area contributed by atoms with Crippen LogP contribution in [0.15, 0.2) is 36.5 Å². The Balaban J connectivity index is 1.96. The maximum absolute atomic E-state index is 13.5. The van der Waals surface area contributed by atoms with E-state index in [-0.39, 0.29) is 11.9 Å². The standard InChI is InChI=1S/C14H18FN3/c1-3-18-9-8-14(17-18)16-11(2)10-12-6-4-5-7-13(12)15/h4-9,11H,3,10H2,1-2H3,(H,16,17). The second kappa shape index (κ2) is 5.67. The topological polar surface area (TPSA) is 29.9 Å². The van der Waals surface area contributed by atoms with Gasteiger partial charge >= 0.3 is 0 Å². The number of nitrogens with one attached hydrogen (secondary N) is 1. The van der Waals surface area contributed by atoms with Crippen molar-refractivity contribution in [3.63, 3.8) is 0 Å². The molecule has 96 valence electrons. The van der Waals surface area contributed by atoms with Crippen LogP contribution < -0.4 is 5.32 Å². The van der Waals surface area contributed by atoms with Crippen LogP contribution >= 0.6 is 0 Å². The number of benzene rings is 1. The van der Waals surface area contributed by atoms with Gasteiger partial charge in [-0.3, -0.25) is 4.68 Å². The third kappa shape index (κ3) is 3.09. The van der Waals surface area contributed by atoms with Crippen molar-refractivity contribution in [3.05, 3.63) is 47.9 Å². The predicted octanol–water partition coefficient (Wildman–Crippen LogP) is 3.09. The summed E-state index contributed by atoms with van der Waals surface area (Å²) in [6.45, 7) is 4.92. The van der Waals surface area contributed by atoms with Gasteiger partial charge in [-0.15, -0.1) is 0 Å². The minimum Gasteiger partial charge on any atom is -0.366 e. The Kier molecular flexibility index (Phi) is 3.97. The number of nitrogens with zero attached hydrogens (tertiary/aromatic N) is 2. The molecule has 1 atom stereocenters. The lowest BCUT2D eigenvalue weighted by molar-refractivity contribution is 0.600. The minimum atomic E-state index is -0.148. The molecule has 1 heterocycles. The molecule has 0 saturated carbocycles. The smallest absolute Gasteiger partial charge is 0.148 e. The fourth-order valence-electron chi connectivity index (χ4n) is 1.91. The number of aromatic nitrogens is 2. The molecule has 4 heteroatoms. The molecule has 1 aromatic carbocycles. The van der Waals surface area contributed by atoms with Crippen molar-refractivity contribution in [1.82, 2.24) is 9.78 Å². The highest BCUT2D eigenvalue weighted by Gasteiger charge is 2.08. The molecule has 0 saturated heterocycles. The zero-order chi connectivity index (χ0) is 13.0. The molecule has 2 rings (SSSR count). The lowest BCUT2D eigenvalue weighted by atomic mass is 10.1. The number of hydrogen-bond acceptors (Lipinski definition) is 2. The zero-order valence-corrected chi connectivity index (χ0v) is 10.7. The van der Waals surface area contributed by atoms with Crippen LogP contribution in [0.2, 0.25) is 0 Å². The molecule has 1 aromatic heterocycles. The summed E-state index contributed by atoms with van der Waals surface area (Å²) >= 11 is 0. The Bertz CT molecular complexity index is 507. The lowest BCUT2D eigenvalue weighted by Gasteiger charge is -2.13. The molecule has 0 spiro atoms. The van der Waals surface area contributed by atoms with E-state index in [1.807, 2.05) is 42.9 Å². The Morgan fingerprint density at radius 1 is 1.33 bits per heavy atom. The number of aryl methyl sites for hydroxylation is 1. The summed E-state index contributed by atoms with van der Waals surface area (Å²) < 4.78 is 15.4. The third-order valence-corrected chi connectivity index (χ3v) is 2.84. The van der Waals surface area contributed by atoms with E-state index < -0.39 is 0 Å². The van der Waals surface area contributed by atoms with E-state index in [2.05, 4.69) is 10.4 Å². The fraction of sp³-hybridized carbons (Fsp3) is 0.357. The van der Waals surface area contributed by atoms with Crippen molar-refractivity contribution < 1.29 is 4.39 Å². The lowest BCUT2D eigenvalue weighted by Crippen LogP contribution is -2.19. The van der Waals surface area contributed by atoms with Crippen LogP contribution in [-0.2, 0) is 13.0 Å². The largest absolute Gasteiger partial charge is 0.366 e. The molecule has 2 aromatic rings. The molecule has 0 aliphatic rings. The normalized spacial score (nSPS) is 12.4. The zero-order valence-electron chi connectivity index (χ0n) is 10.7. The Hall–Kier alpha value is -1.84. The first-order chi connectivity index (χ1) is 8.69. The summed E-state index contributed by atoms with van der Waals surface area (Å²) in [5.41, 5.74) is 0.729. The van der Waals surface area contributed by atoms with Crippen LogP contribution in [0.3, 0.4) is 0 Å². The highest BCUT2D eigenvalue weighted by molar-refractivity contribution is 5.34. The number of rotatable bonds is 5. The van der Waals surface area contributed by atoms with Gasteiger partial charge in [0, 0.05) is 24.8 Å². The average Bonchev–Trinajstić information content (AvgIpc) is 2.80. The van der Waals surface area contributed by atoms with E-state index in [1.54, 1.807) is 6.07 Å². The van der Waals surface area contributed by atoms with E-state index in [0.29, 0.717) is 6.42 Å². The SMILES string of the molecule is CCn1ccc(NC(C)Cc2ccccc2F)n1. The summed E-state index contributed by atoms with van der Waals surface area (Å²) in [5.74, 6) is 0.686. The molecule has 0 aliphatic heterocycles. The minimum absolute atomic E-state index is 0.141. The molecule has 0 fully saturated rings. The second-order valence-electron chi connectivity index (χ2n) is 4.40. The number of hydrogen-bond donors (Lipinski definition) is 1. The molecule has 1 unspecified atom stereocenters. The van der Waals surface area contributed by atoms with Crippen molar-refractivity contribution in [1.29, 1.82) is 0 Å². The average molecular weight is 247 g/mol. The van der Waals surface area contributed by atoms with Crippen molar-refractivity contribution >= 4 is 5.82 Å². The van der Waals surface area contributed by atoms with Crippen LogP contribution in [-0.4, -0.2) is 15.8 Å². The van der Waals surface area contributed by atoms with E-state index in [1.165, 1.54) is 6.07 Å². The molecule has 0 amide bonds. The van der Waals surface area contributed by atoms with Gasteiger partial charge < -0.3 is 5.32 Å². The molecule has 0 aliphatic carbocycles. The fourth-order valence-corrected chi connectivity index (χ4v) is 1.91. The molecule has 0 radical (unpaired) electrons. The molecule has 3 nitrogen and oxygen atoms in total. The molecule has 18 heavy (non-hydrogen) atoms. The van der Waals surface area contributed by atoms with Gasteiger partial charge in [-0.2, -0.15) is 5.10 Å². The van der Waals surface area contributed by atoms with E-state index >= 15 is 0 Å². The van der Waals surface area contributed by atoms with Crippen LogP contribution in [0, 0.1) is 5.82 Å². The first-order valence-electron chi connectivity index (χ1n) is 6.22. The monoisotopic (exact) mass is 247 g/mol. The van der Waals surface area contributed by atoms with Crippen molar-refractivity contribution in [3.8, 4) is 0 Å². The number of anilines is 1. The van der Waals surface area contributed by atoms with Gasteiger partial charge in [0.1, 0.15) is 11.6 Å². The van der Waals surface area contributed by atoms with Crippen LogP contribution in [0.5, 0.6) is 0 Å². The number of halogens is 1. The van der Waals surface area contributed by atoms with Gasteiger partial charge in [0.25, 0.3) is 0 Å². The Labute approximate surface area is 107 Å². The first-order valence-corrected chi connectivity index (χ1v) is 6.22. The van der Waals surface area contributed by atoms with Gasteiger partial charge in [-0.1, -0.05) is 18.2 Å². The summed E-state index contributed by atoms with van der Waals surface area (Å²) in [6, 6.07) is 8.95. The summed E-state index contributed by atoms with van der Waals surface area (Å²) in [5, 5.41) is 7.62. The van der Waals surface area contributed by atoms with E-state index in [4.69, 9.17) is 0 Å². The Morgan fingerprint density at radius 2 is 2.11 bits per heavy atom. The van der Waals surface area contributed by atoms with Gasteiger partial charge in [0.15, 0.2) is 0 Å². The van der Waals surface area contributed by atoms with Gasteiger partial charge in [-0.25, -0.2) is 4.39 Å². The molecule has 0 bridgehead atoms. The van der Waals surface area contributed by atoms with Crippen molar-refractivity contribution in [2.24, 2.45) is 0 Å². The second-order valence-corrected chi connectivity index (χ2v) is 4.40.